The Labute approximate surface area is 123 Å². The minimum atomic E-state index is -0.634. The van der Waals surface area contributed by atoms with Crippen LogP contribution in [-0.4, -0.2) is 14.8 Å². The third-order valence-electron chi connectivity index (χ3n) is 3.09. The highest BCUT2D eigenvalue weighted by Crippen LogP contribution is 2.27. The molecule has 3 rings (SSSR count). The zero-order valence-corrected chi connectivity index (χ0v) is 11.6. The number of fused-ring (bicyclic) bond motifs is 1. The van der Waals surface area contributed by atoms with Gasteiger partial charge in [0, 0.05) is 6.07 Å². The second kappa shape index (κ2) is 4.71. The van der Waals surface area contributed by atoms with E-state index in [1.807, 2.05) is 19.1 Å². The molecule has 7 nitrogen and oxygen atoms in total. The van der Waals surface area contributed by atoms with Crippen LogP contribution in [0.1, 0.15) is 5.56 Å². The van der Waals surface area contributed by atoms with E-state index in [4.69, 9.17) is 11.6 Å². The molecule has 3 aromatic rings. The van der Waals surface area contributed by atoms with Crippen LogP contribution in [-0.2, 0) is 0 Å². The Balaban J connectivity index is 2.24. The fraction of sp³-hybridized carbons (Fsp3) is 0.0769. The summed E-state index contributed by atoms with van der Waals surface area (Å²) in [7, 11) is 0. The molecule has 1 heterocycles. The van der Waals surface area contributed by atoms with Gasteiger partial charge >= 0.3 is 0 Å². The fourth-order valence-electron chi connectivity index (χ4n) is 2.00. The number of halogens is 1. The highest BCUT2D eigenvalue weighted by atomic mass is 35.5. The number of benzene rings is 2. The molecule has 2 aromatic carbocycles. The smallest absolute Gasteiger partial charge is 0.292 e. The fourth-order valence-corrected chi connectivity index (χ4v) is 2.23. The molecule has 106 valence electrons. The molecule has 0 radical (unpaired) electrons. The first-order valence-electron chi connectivity index (χ1n) is 6.01. The number of nitrogens with zero attached hydrogens (tertiary/aromatic N) is 4. The van der Waals surface area contributed by atoms with Gasteiger partial charge in [0.05, 0.1) is 16.1 Å². The maximum Gasteiger partial charge on any atom is 0.292 e. The predicted octanol–water partition coefficient (Wildman–Crippen LogP) is 2.53. The number of hydrogen-bond acceptors (Lipinski definition) is 4. The Morgan fingerprint density at radius 3 is 2.57 bits per heavy atom. The van der Waals surface area contributed by atoms with E-state index < -0.39 is 4.92 Å². The highest BCUT2D eigenvalue weighted by molar-refractivity contribution is 6.33. The van der Waals surface area contributed by atoms with E-state index in [1.54, 1.807) is 12.1 Å². The summed E-state index contributed by atoms with van der Waals surface area (Å²) in [5, 5.41) is 27.2. The lowest BCUT2D eigenvalue weighted by Gasteiger charge is -2.03. The molecule has 0 saturated heterocycles. The Hall–Kier alpha value is -2.67. The molecule has 0 aliphatic rings. The van der Waals surface area contributed by atoms with Gasteiger partial charge in [0.15, 0.2) is 0 Å². The molecule has 0 aliphatic carbocycles. The molecule has 0 amide bonds. The van der Waals surface area contributed by atoms with Gasteiger partial charge in [0.25, 0.3) is 11.2 Å². The van der Waals surface area contributed by atoms with E-state index in [9.17, 15) is 15.3 Å². The Morgan fingerprint density at radius 1 is 1.29 bits per heavy atom. The maximum absolute atomic E-state index is 12.3. The van der Waals surface area contributed by atoms with E-state index in [2.05, 4.69) is 5.10 Å². The second-order valence-electron chi connectivity index (χ2n) is 4.55. The van der Waals surface area contributed by atoms with Gasteiger partial charge in [0.1, 0.15) is 10.7 Å². The standard InChI is InChI=1S/C13H9ClN4O3/c1-8-2-4-9(5-3-8)16-15-11-6-10(14)12(18(20)21)7-13(11)17(16)19/h2-7H,1H3. The lowest BCUT2D eigenvalue weighted by Crippen LogP contribution is -2.37. The average Bonchev–Trinajstić information content (AvgIpc) is 2.75. The average molecular weight is 305 g/mol. The van der Waals surface area contributed by atoms with Crippen LogP contribution in [0.5, 0.6) is 0 Å². The third-order valence-corrected chi connectivity index (χ3v) is 3.39. The summed E-state index contributed by atoms with van der Waals surface area (Å²) in [6, 6.07) is 9.61. The van der Waals surface area contributed by atoms with E-state index in [-0.39, 0.29) is 16.2 Å². The predicted molar refractivity (Wildman–Crippen MR) is 76.4 cm³/mol. The maximum atomic E-state index is 12.3. The Morgan fingerprint density at radius 2 is 1.95 bits per heavy atom. The molecule has 21 heavy (non-hydrogen) atoms. The van der Waals surface area contributed by atoms with Crippen LogP contribution in [0.2, 0.25) is 5.02 Å². The summed E-state index contributed by atoms with van der Waals surface area (Å²) in [6.45, 7) is 1.93. The molecular weight excluding hydrogens is 296 g/mol. The SMILES string of the molecule is Cc1ccc(-n2nc3cc(Cl)c([N+](=O)[O-])cc3[n+]2[O-])cc1. The summed E-state index contributed by atoms with van der Waals surface area (Å²) in [5.41, 5.74) is 1.67. The van der Waals surface area contributed by atoms with Crippen LogP contribution < -0.4 is 4.85 Å². The molecule has 0 unspecified atom stereocenters. The van der Waals surface area contributed by atoms with Gasteiger partial charge in [-0.15, -0.1) is 4.85 Å². The van der Waals surface area contributed by atoms with E-state index >= 15 is 0 Å². The van der Waals surface area contributed by atoms with E-state index in [1.165, 1.54) is 6.07 Å². The molecule has 0 aliphatic heterocycles. The van der Waals surface area contributed by atoms with Crippen molar-refractivity contribution in [2.75, 3.05) is 0 Å². The minimum Gasteiger partial charge on any atom is -0.692 e. The first kappa shape index (κ1) is 13.3. The third kappa shape index (κ3) is 2.17. The van der Waals surface area contributed by atoms with Crippen molar-refractivity contribution in [1.29, 1.82) is 0 Å². The quantitative estimate of drug-likeness (QED) is 0.315. The zero-order chi connectivity index (χ0) is 15.1. The summed E-state index contributed by atoms with van der Waals surface area (Å²) < 4.78 is 0. The molecule has 0 fully saturated rings. The largest absolute Gasteiger partial charge is 0.692 e. The van der Waals surface area contributed by atoms with Crippen LogP contribution in [0.25, 0.3) is 16.7 Å². The summed E-state index contributed by atoms with van der Waals surface area (Å²) >= 11 is 5.82. The molecule has 0 N–H and O–H groups in total. The summed E-state index contributed by atoms with van der Waals surface area (Å²) in [4.78, 5) is 11.9. The van der Waals surface area contributed by atoms with Crippen molar-refractivity contribution in [3.8, 4) is 5.69 Å². The van der Waals surface area contributed by atoms with Crippen LogP contribution in [0, 0.1) is 22.2 Å². The minimum absolute atomic E-state index is 0.0540. The molecule has 0 saturated carbocycles. The lowest BCUT2D eigenvalue weighted by atomic mass is 10.2. The van der Waals surface area contributed by atoms with Crippen LogP contribution in [0.3, 0.4) is 0 Å². The molecule has 0 bridgehead atoms. The molecule has 8 heteroatoms. The van der Waals surface area contributed by atoms with Gasteiger partial charge in [-0.2, -0.15) is 0 Å². The molecule has 0 spiro atoms. The Kier molecular flexibility index (Phi) is 2.99. The number of aromatic nitrogens is 3. The van der Waals surface area contributed by atoms with Gasteiger partial charge in [-0.3, -0.25) is 10.1 Å². The van der Waals surface area contributed by atoms with Crippen LogP contribution in [0.15, 0.2) is 36.4 Å². The van der Waals surface area contributed by atoms with Crippen molar-refractivity contribution in [3.63, 3.8) is 0 Å². The number of rotatable bonds is 2. The summed E-state index contributed by atoms with van der Waals surface area (Å²) in [6.07, 6.45) is 0. The lowest BCUT2D eigenvalue weighted by molar-refractivity contribution is -0.664. The van der Waals surface area contributed by atoms with Gasteiger partial charge < -0.3 is 5.21 Å². The van der Waals surface area contributed by atoms with E-state index in [0.717, 1.165) is 16.4 Å². The number of aryl methyl sites for hydroxylation is 1. The number of nitro benzene ring substituents is 1. The van der Waals surface area contributed by atoms with Crippen molar-refractivity contribution in [1.82, 2.24) is 9.90 Å². The van der Waals surface area contributed by atoms with Crippen molar-refractivity contribution in [3.05, 3.63) is 62.3 Å². The van der Waals surface area contributed by atoms with Crippen molar-refractivity contribution < 1.29 is 9.77 Å². The van der Waals surface area contributed by atoms with Gasteiger partial charge in [0.2, 0.25) is 5.52 Å². The van der Waals surface area contributed by atoms with Crippen LogP contribution >= 0.6 is 11.6 Å². The molecule has 1 aromatic heterocycles. The molecule has 0 atom stereocenters. The van der Waals surface area contributed by atoms with Gasteiger partial charge in [-0.25, -0.2) is 0 Å². The number of hydrogen-bond donors (Lipinski definition) is 0. The van der Waals surface area contributed by atoms with E-state index in [0.29, 0.717) is 16.0 Å². The first-order chi connectivity index (χ1) is 9.97. The van der Waals surface area contributed by atoms with Crippen molar-refractivity contribution >= 4 is 28.3 Å². The monoisotopic (exact) mass is 304 g/mol. The highest BCUT2D eigenvalue weighted by Gasteiger charge is 2.23. The van der Waals surface area contributed by atoms with Gasteiger partial charge in [-0.05, 0) is 23.9 Å². The zero-order valence-electron chi connectivity index (χ0n) is 10.9. The number of nitro groups is 1. The second-order valence-corrected chi connectivity index (χ2v) is 4.95. The van der Waals surface area contributed by atoms with Crippen molar-refractivity contribution in [2.24, 2.45) is 0 Å². The molecular formula is C13H9ClN4O3. The van der Waals surface area contributed by atoms with Gasteiger partial charge in [-0.1, -0.05) is 29.3 Å². The van der Waals surface area contributed by atoms with Crippen LogP contribution in [0.4, 0.5) is 5.69 Å². The first-order valence-corrected chi connectivity index (χ1v) is 6.39. The summed E-state index contributed by atoms with van der Waals surface area (Å²) in [5.74, 6) is 0. The van der Waals surface area contributed by atoms with Crippen molar-refractivity contribution in [2.45, 2.75) is 6.92 Å². The normalized spacial score (nSPS) is 11.0. The Bertz CT molecular complexity index is 858. The topological polar surface area (TPSA) is 87.9 Å².